The lowest BCUT2D eigenvalue weighted by Crippen LogP contribution is -2.47. The van der Waals surface area contributed by atoms with Gasteiger partial charge in [-0.2, -0.15) is 0 Å². The maximum Gasteiger partial charge on any atom is 0.217 e. The second-order valence-corrected chi connectivity index (χ2v) is 10.5. The monoisotopic (exact) mass is 486 g/mol. The Morgan fingerprint density at radius 2 is 1.18 bits per heavy atom. The molecule has 0 heterocycles. The van der Waals surface area contributed by atoms with E-state index < -0.39 is 10.4 Å². The Hall–Kier alpha value is -0.990. The summed E-state index contributed by atoms with van der Waals surface area (Å²) in [6.45, 7) is 4.44. The van der Waals surface area contributed by atoms with Gasteiger partial charge in [0, 0.05) is 6.54 Å². The van der Waals surface area contributed by atoms with E-state index in [2.05, 4.69) is 60.9 Å². The van der Waals surface area contributed by atoms with Gasteiger partial charge < -0.3 is 4.55 Å². The molecule has 0 unspecified atom stereocenters. The topological polar surface area (TPSA) is 78.5 Å². The molecule has 0 radical (unpaired) electrons. The third-order valence-corrected chi connectivity index (χ3v) is 6.28. The number of nitrogens with one attached hydrogen (secondary N) is 1. The van der Waals surface area contributed by atoms with Gasteiger partial charge in [0.15, 0.2) is 0 Å². The fourth-order valence-electron chi connectivity index (χ4n) is 3.73. The lowest BCUT2D eigenvalue weighted by Gasteiger charge is -2.29. The molecule has 6 nitrogen and oxygen atoms in total. The molecule has 1 rings (SSSR count). The van der Waals surface area contributed by atoms with E-state index in [1.165, 1.54) is 95.6 Å². The van der Waals surface area contributed by atoms with Crippen LogP contribution in [0.2, 0.25) is 0 Å². The predicted molar refractivity (Wildman–Crippen MR) is 140 cm³/mol. The highest BCUT2D eigenvalue weighted by molar-refractivity contribution is 7.80. The highest BCUT2D eigenvalue weighted by Gasteiger charge is 2.17. The van der Waals surface area contributed by atoms with Crippen LogP contribution in [0.25, 0.3) is 0 Å². The van der Waals surface area contributed by atoms with Gasteiger partial charge in [-0.05, 0) is 18.6 Å². The molecule has 0 aliphatic rings. The molecular weight excluding hydrogens is 436 g/mol. The van der Waals surface area contributed by atoms with Crippen LogP contribution in [0, 0.1) is 0 Å². The average molecular weight is 487 g/mol. The molecule has 1 N–H and O–H groups in total. The van der Waals surface area contributed by atoms with E-state index in [1.54, 1.807) is 0 Å². The van der Waals surface area contributed by atoms with Crippen LogP contribution >= 0.6 is 0 Å². The van der Waals surface area contributed by atoms with Crippen molar-refractivity contribution in [2.45, 2.75) is 96.8 Å². The minimum atomic E-state index is -4.41. The Morgan fingerprint density at radius 1 is 0.788 bits per heavy atom. The Morgan fingerprint density at radius 3 is 1.58 bits per heavy atom. The highest BCUT2D eigenvalue weighted by atomic mass is 32.3. The minimum absolute atomic E-state index is 0.808. The normalized spacial score (nSPS) is 11.8. The number of hydrogen-bond acceptors (Lipinski definition) is 5. The summed E-state index contributed by atoms with van der Waals surface area (Å²) in [4.78, 5) is 0. The fraction of sp³-hybridized carbons (Fsp3) is 0.769. The predicted octanol–water partition coefficient (Wildman–Crippen LogP) is 6.37. The zero-order valence-electron chi connectivity index (χ0n) is 21.7. The molecule has 7 heteroatoms. The zero-order valence-corrected chi connectivity index (χ0v) is 22.5. The van der Waals surface area contributed by atoms with Crippen LogP contribution in [-0.4, -0.2) is 47.4 Å². The van der Waals surface area contributed by atoms with Gasteiger partial charge in [-0.3, -0.25) is 14.0 Å². The van der Waals surface area contributed by atoms with Crippen LogP contribution in [0.4, 0.5) is 5.69 Å². The number of rotatable bonds is 19. The van der Waals surface area contributed by atoms with Gasteiger partial charge >= 0.3 is 0 Å². The maximum absolute atomic E-state index is 9.22. The van der Waals surface area contributed by atoms with Crippen molar-refractivity contribution in [2.75, 3.05) is 34.4 Å². The number of para-hydroxylation sites is 1. The largest absolute Gasteiger partial charge is 0.726 e. The van der Waals surface area contributed by atoms with Crippen LogP contribution in [0.5, 0.6) is 0 Å². The Kier molecular flexibility index (Phi) is 19.8. The lowest BCUT2D eigenvalue weighted by molar-refractivity contribution is 0.314. The third-order valence-electron chi connectivity index (χ3n) is 5.87. The Labute approximate surface area is 204 Å². The fourth-order valence-corrected chi connectivity index (χ4v) is 3.73. The van der Waals surface area contributed by atoms with Crippen LogP contribution in [0.1, 0.15) is 96.8 Å². The first kappa shape index (κ1) is 32.0. The summed E-state index contributed by atoms with van der Waals surface area (Å²) in [6, 6.07) is 10.8. The molecule has 0 saturated carbocycles. The number of unbranched alkanes of at least 4 members (excludes halogenated alkanes) is 13. The molecule has 0 atom stereocenters. The minimum Gasteiger partial charge on any atom is -0.726 e. The number of quaternary nitrogens is 1. The number of nitrogens with zero attached hydrogens (tertiary/aromatic N) is 1. The van der Waals surface area contributed by atoms with Gasteiger partial charge in [-0.25, -0.2) is 8.42 Å². The van der Waals surface area contributed by atoms with E-state index in [-0.39, 0.29) is 0 Å². The van der Waals surface area contributed by atoms with E-state index >= 15 is 0 Å². The molecule has 0 amide bonds. The molecule has 0 aliphatic carbocycles. The summed E-state index contributed by atoms with van der Waals surface area (Å²) in [5.41, 5.74) is 1.37. The second kappa shape index (κ2) is 20.4. The molecule has 0 fully saturated rings. The molecule has 0 aromatic heterocycles. The molecule has 0 aliphatic heterocycles. The van der Waals surface area contributed by atoms with Crippen molar-refractivity contribution in [1.82, 2.24) is 9.80 Å². The van der Waals surface area contributed by atoms with Crippen molar-refractivity contribution in [3.8, 4) is 0 Å². The summed E-state index contributed by atoms with van der Waals surface area (Å²) in [5, 5.41) is 3.64. The SMILES string of the molecule is CCCCCCCCCCCCCCCCNC[N+](C)(C)c1ccccc1.COS(=O)(=O)[O-]. The summed E-state index contributed by atoms with van der Waals surface area (Å²) in [6.07, 6.45) is 20.0. The standard InChI is InChI=1S/C25H47N2.CH4O4S/c1-4-5-6-7-8-9-10-11-12-13-14-15-16-20-23-26-24-27(2,3)25-21-18-17-19-22-25;1-5-6(2,3)4/h17-19,21-22,26H,4-16,20,23-24H2,1-3H3;1H3,(H,2,3,4)/q+1;/p-1. The van der Waals surface area contributed by atoms with Crippen LogP contribution < -0.4 is 9.80 Å². The molecule has 194 valence electrons. The summed E-state index contributed by atoms with van der Waals surface area (Å²) in [5.74, 6) is 0. The van der Waals surface area contributed by atoms with E-state index in [0.29, 0.717) is 0 Å². The summed E-state index contributed by atoms with van der Waals surface area (Å²) >= 11 is 0. The first-order valence-corrected chi connectivity index (χ1v) is 14.2. The van der Waals surface area contributed by atoms with Crippen LogP contribution in [-0.2, 0) is 14.6 Å². The molecule has 0 spiro atoms. The Bertz CT molecular complexity index is 652. The van der Waals surface area contributed by atoms with E-state index in [1.807, 2.05) is 0 Å². The van der Waals surface area contributed by atoms with Crippen LogP contribution in [0.3, 0.4) is 0 Å². The smallest absolute Gasteiger partial charge is 0.217 e. The van der Waals surface area contributed by atoms with Crippen molar-refractivity contribution in [3.05, 3.63) is 30.3 Å². The van der Waals surface area contributed by atoms with Gasteiger partial charge in [0.05, 0.1) is 21.2 Å². The van der Waals surface area contributed by atoms with E-state index in [4.69, 9.17) is 0 Å². The van der Waals surface area contributed by atoms with Gasteiger partial charge in [-0.15, -0.1) is 0 Å². The van der Waals surface area contributed by atoms with Gasteiger partial charge in [0.1, 0.15) is 12.4 Å². The molecule has 0 saturated heterocycles. The molecule has 0 bridgehead atoms. The van der Waals surface area contributed by atoms with Crippen molar-refractivity contribution < 1.29 is 17.2 Å². The molecule has 1 aromatic carbocycles. The number of benzene rings is 1. The van der Waals surface area contributed by atoms with Gasteiger partial charge in [-0.1, -0.05) is 109 Å². The molecule has 33 heavy (non-hydrogen) atoms. The van der Waals surface area contributed by atoms with Crippen molar-refractivity contribution in [2.24, 2.45) is 0 Å². The first-order valence-electron chi connectivity index (χ1n) is 12.8. The third kappa shape index (κ3) is 21.3. The summed E-state index contributed by atoms with van der Waals surface area (Å²) in [7, 11) is 0.939. The highest BCUT2D eigenvalue weighted by Crippen LogP contribution is 2.16. The average Bonchev–Trinajstić information content (AvgIpc) is 2.79. The quantitative estimate of drug-likeness (QED) is 0.0807. The second-order valence-electron chi connectivity index (χ2n) is 9.35. The molecule has 1 aromatic rings. The van der Waals surface area contributed by atoms with Crippen molar-refractivity contribution >= 4 is 16.1 Å². The number of hydrogen-bond donors (Lipinski definition) is 1. The first-order chi connectivity index (χ1) is 15.7. The Balaban J connectivity index is 0.00000150. The summed E-state index contributed by atoms with van der Waals surface area (Å²) < 4.78 is 31.9. The van der Waals surface area contributed by atoms with Crippen molar-refractivity contribution in [1.29, 1.82) is 0 Å². The molecular formula is C26H50N2O4S. The lowest BCUT2D eigenvalue weighted by atomic mass is 10.0. The maximum atomic E-state index is 9.22. The zero-order chi connectivity index (χ0) is 24.8. The van der Waals surface area contributed by atoms with Crippen molar-refractivity contribution in [3.63, 3.8) is 0 Å². The van der Waals surface area contributed by atoms with Gasteiger partial charge in [0.25, 0.3) is 0 Å². The van der Waals surface area contributed by atoms with Crippen LogP contribution in [0.15, 0.2) is 30.3 Å². The van der Waals surface area contributed by atoms with E-state index in [0.717, 1.165) is 24.8 Å². The van der Waals surface area contributed by atoms with Gasteiger partial charge in [0.2, 0.25) is 10.4 Å². The van der Waals surface area contributed by atoms with E-state index in [9.17, 15) is 13.0 Å².